The minimum atomic E-state index is 0.366. The van der Waals surface area contributed by atoms with Crippen molar-refractivity contribution in [3.05, 3.63) is 11.6 Å². The second-order valence-corrected chi connectivity index (χ2v) is 7.18. The van der Waals surface area contributed by atoms with Gasteiger partial charge in [-0.25, -0.2) is 0 Å². The monoisotopic (exact) mass is 250 g/mol. The van der Waals surface area contributed by atoms with Crippen molar-refractivity contribution in [3.8, 4) is 0 Å². The van der Waals surface area contributed by atoms with Crippen LogP contribution in [0, 0.1) is 5.41 Å². The van der Waals surface area contributed by atoms with E-state index in [9.17, 15) is 0 Å². The van der Waals surface area contributed by atoms with Gasteiger partial charge in [-0.1, -0.05) is 32.4 Å². The van der Waals surface area contributed by atoms with Gasteiger partial charge in [0, 0.05) is 31.7 Å². The Kier molecular flexibility index (Phi) is 4.50. The van der Waals surface area contributed by atoms with Crippen LogP contribution in [-0.4, -0.2) is 36.6 Å². The molecule has 1 fully saturated rings. The number of allylic oxidation sites excluding steroid dienone is 1. The highest BCUT2D eigenvalue weighted by molar-refractivity contribution is 5.08. The maximum absolute atomic E-state index is 3.71. The smallest absolute Gasteiger partial charge is 0.0244 e. The van der Waals surface area contributed by atoms with Crippen molar-refractivity contribution in [3.63, 3.8) is 0 Å². The number of hydrogen-bond acceptors (Lipinski definition) is 2. The van der Waals surface area contributed by atoms with Crippen LogP contribution in [0.2, 0.25) is 0 Å². The van der Waals surface area contributed by atoms with E-state index in [-0.39, 0.29) is 0 Å². The van der Waals surface area contributed by atoms with E-state index < -0.39 is 0 Å². The maximum Gasteiger partial charge on any atom is 0.0244 e. The summed E-state index contributed by atoms with van der Waals surface area (Å²) in [6, 6.07) is 1.32. The van der Waals surface area contributed by atoms with E-state index in [0.29, 0.717) is 17.5 Å². The molecule has 2 atom stereocenters. The van der Waals surface area contributed by atoms with E-state index >= 15 is 0 Å². The van der Waals surface area contributed by atoms with Crippen molar-refractivity contribution in [1.82, 2.24) is 10.2 Å². The summed E-state index contributed by atoms with van der Waals surface area (Å²) in [5.74, 6) is 0. The van der Waals surface area contributed by atoms with Crippen LogP contribution in [0.3, 0.4) is 0 Å². The van der Waals surface area contributed by atoms with Crippen LogP contribution in [0.1, 0.15) is 53.4 Å². The summed E-state index contributed by atoms with van der Waals surface area (Å²) in [5.41, 5.74) is 2.07. The van der Waals surface area contributed by atoms with Gasteiger partial charge in [0.2, 0.25) is 0 Å². The van der Waals surface area contributed by atoms with Gasteiger partial charge >= 0.3 is 0 Å². The molecule has 0 radical (unpaired) electrons. The lowest BCUT2D eigenvalue weighted by molar-refractivity contribution is 0.0947. The van der Waals surface area contributed by atoms with Crippen LogP contribution in [0.5, 0.6) is 0 Å². The molecule has 2 heteroatoms. The molecule has 0 aromatic rings. The average molecular weight is 250 g/mol. The Balaban J connectivity index is 1.85. The Morgan fingerprint density at radius 3 is 2.78 bits per heavy atom. The number of nitrogens with one attached hydrogen (secondary N) is 1. The van der Waals surface area contributed by atoms with Crippen LogP contribution >= 0.6 is 0 Å². The highest BCUT2D eigenvalue weighted by atomic mass is 15.2. The molecule has 0 spiro atoms. The second kappa shape index (κ2) is 5.75. The number of rotatable bonds is 3. The summed E-state index contributed by atoms with van der Waals surface area (Å²) < 4.78 is 0. The van der Waals surface area contributed by atoms with Crippen molar-refractivity contribution in [2.45, 2.75) is 65.5 Å². The standard InChI is InChI=1S/C16H30N2/c1-13-11-17-15(16(2,3)4)12-18(13)10-9-14-7-5-6-8-14/h7,13,15,17H,5-6,8-12H2,1-4H3. The van der Waals surface area contributed by atoms with Crippen molar-refractivity contribution in [2.75, 3.05) is 19.6 Å². The molecule has 0 aromatic heterocycles. The summed E-state index contributed by atoms with van der Waals surface area (Å²) >= 11 is 0. The van der Waals surface area contributed by atoms with Crippen LogP contribution in [0.25, 0.3) is 0 Å². The Labute approximate surface area is 113 Å². The quantitative estimate of drug-likeness (QED) is 0.774. The minimum Gasteiger partial charge on any atom is -0.311 e. The molecule has 1 N–H and O–H groups in total. The molecule has 0 aromatic carbocycles. The molecular weight excluding hydrogens is 220 g/mol. The van der Waals surface area contributed by atoms with Gasteiger partial charge in [0.05, 0.1) is 0 Å². The van der Waals surface area contributed by atoms with E-state index in [4.69, 9.17) is 0 Å². The predicted molar refractivity (Wildman–Crippen MR) is 78.8 cm³/mol. The third-order valence-electron chi connectivity index (χ3n) is 4.60. The first-order valence-electron chi connectivity index (χ1n) is 7.62. The van der Waals surface area contributed by atoms with Gasteiger partial charge in [-0.15, -0.1) is 0 Å². The average Bonchev–Trinajstić information content (AvgIpc) is 2.79. The molecule has 1 heterocycles. The Bertz CT molecular complexity index is 301. The molecule has 1 aliphatic heterocycles. The molecule has 0 saturated carbocycles. The topological polar surface area (TPSA) is 15.3 Å². The molecule has 2 rings (SSSR count). The predicted octanol–water partition coefficient (Wildman–Crippen LogP) is 3.20. The summed E-state index contributed by atoms with van der Waals surface area (Å²) in [6.07, 6.45) is 7.81. The van der Waals surface area contributed by atoms with Crippen molar-refractivity contribution in [2.24, 2.45) is 5.41 Å². The van der Waals surface area contributed by atoms with Gasteiger partial charge in [-0.2, -0.15) is 0 Å². The van der Waals surface area contributed by atoms with E-state index in [2.05, 4.69) is 44.0 Å². The molecular formula is C16H30N2. The zero-order valence-corrected chi connectivity index (χ0v) is 12.6. The normalized spacial score (nSPS) is 30.6. The van der Waals surface area contributed by atoms with Crippen LogP contribution in [-0.2, 0) is 0 Å². The summed E-state index contributed by atoms with van der Waals surface area (Å²) in [6.45, 7) is 13.0. The number of hydrogen-bond donors (Lipinski definition) is 1. The van der Waals surface area contributed by atoms with Gasteiger partial charge in [0.1, 0.15) is 0 Å². The Hall–Kier alpha value is -0.340. The van der Waals surface area contributed by atoms with E-state index in [1.807, 2.05) is 0 Å². The molecule has 2 nitrogen and oxygen atoms in total. The molecule has 1 saturated heterocycles. The first-order valence-corrected chi connectivity index (χ1v) is 7.62. The van der Waals surface area contributed by atoms with Crippen LogP contribution < -0.4 is 5.32 Å². The van der Waals surface area contributed by atoms with E-state index in [1.54, 1.807) is 5.57 Å². The SMILES string of the molecule is CC1CNC(C(C)(C)C)CN1CCC1=CCCC1. The fourth-order valence-corrected chi connectivity index (χ4v) is 3.06. The molecule has 2 aliphatic rings. The molecule has 104 valence electrons. The van der Waals surface area contributed by atoms with Gasteiger partial charge in [-0.05, 0) is 38.0 Å². The first kappa shape index (κ1) is 14.1. The van der Waals surface area contributed by atoms with E-state index in [1.165, 1.54) is 38.8 Å². The lowest BCUT2D eigenvalue weighted by Gasteiger charge is -2.44. The molecule has 1 aliphatic carbocycles. The molecule has 0 amide bonds. The number of nitrogens with zero attached hydrogens (tertiary/aromatic N) is 1. The van der Waals surface area contributed by atoms with Crippen molar-refractivity contribution < 1.29 is 0 Å². The number of piperazine rings is 1. The van der Waals surface area contributed by atoms with E-state index in [0.717, 1.165) is 6.54 Å². The Morgan fingerprint density at radius 2 is 2.17 bits per heavy atom. The van der Waals surface area contributed by atoms with Gasteiger partial charge in [-0.3, -0.25) is 4.90 Å². The first-order chi connectivity index (χ1) is 8.47. The van der Waals surface area contributed by atoms with Gasteiger partial charge in [0.25, 0.3) is 0 Å². The van der Waals surface area contributed by atoms with Crippen molar-refractivity contribution >= 4 is 0 Å². The Morgan fingerprint density at radius 1 is 1.39 bits per heavy atom. The lowest BCUT2D eigenvalue weighted by Crippen LogP contribution is -2.59. The van der Waals surface area contributed by atoms with Crippen LogP contribution in [0.4, 0.5) is 0 Å². The minimum absolute atomic E-state index is 0.366. The molecule has 0 bridgehead atoms. The summed E-state index contributed by atoms with van der Waals surface area (Å²) in [5, 5.41) is 3.71. The summed E-state index contributed by atoms with van der Waals surface area (Å²) in [7, 11) is 0. The third-order valence-corrected chi connectivity index (χ3v) is 4.60. The molecule has 18 heavy (non-hydrogen) atoms. The zero-order valence-electron chi connectivity index (χ0n) is 12.6. The van der Waals surface area contributed by atoms with Gasteiger partial charge < -0.3 is 5.32 Å². The zero-order chi connectivity index (χ0) is 13.2. The fraction of sp³-hybridized carbons (Fsp3) is 0.875. The highest BCUT2D eigenvalue weighted by Crippen LogP contribution is 2.25. The van der Waals surface area contributed by atoms with Crippen molar-refractivity contribution in [1.29, 1.82) is 0 Å². The largest absolute Gasteiger partial charge is 0.311 e. The van der Waals surface area contributed by atoms with Crippen LogP contribution in [0.15, 0.2) is 11.6 Å². The third kappa shape index (κ3) is 3.58. The van der Waals surface area contributed by atoms with Gasteiger partial charge in [0.15, 0.2) is 0 Å². The fourth-order valence-electron chi connectivity index (χ4n) is 3.06. The lowest BCUT2D eigenvalue weighted by atomic mass is 9.84. The second-order valence-electron chi connectivity index (χ2n) is 7.18. The molecule has 2 unspecified atom stereocenters. The maximum atomic E-state index is 3.71. The highest BCUT2D eigenvalue weighted by Gasteiger charge is 2.32. The summed E-state index contributed by atoms with van der Waals surface area (Å²) in [4.78, 5) is 2.69.